The first-order valence-electron chi connectivity index (χ1n) is 7.10. The first-order chi connectivity index (χ1) is 10.1. The molecule has 2 rings (SSSR count). The van der Waals surface area contributed by atoms with Crippen LogP contribution in [0.3, 0.4) is 0 Å². The fourth-order valence-corrected chi connectivity index (χ4v) is 2.51. The summed E-state index contributed by atoms with van der Waals surface area (Å²) in [6.45, 7) is 4.33. The van der Waals surface area contributed by atoms with Gasteiger partial charge in [-0.1, -0.05) is 35.0 Å². The van der Waals surface area contributed by atoms with Gasteiger partial charge in [0.25, 0.3) is 0 Å². The van der Waals surface area contributed by atoms with Crippen molar-refractivity contribution in [3.05, 3.63) is 40.4 Å². The van der Waals surface area contributed by atoms with E-state index in [0.717, 1.165) is 10.0 Å². The molecule has 2 amide bonds. The summed E-state index contributed by atoms with van der Waals surface area (Å²) < 4.78 is 1.02. The quantitative estimate of drug-likeness (QED) is 0.786. The zero-order valence-corrected chi connectivity index (χ0v) is 13.7. The van der Waals surface area contributed by atoms with E-state index in [-0.39, 0.29) is 11.8 Å². The van der Waals surface area contributed by atoms with Crippen molar-refractivity contribution in [3.8, 4) is 0 Å². The summed E-state index contributed by atoms with van der Waals surface area (Å²) in [5.74, 6) is 0.161. The maximum atomic E-state index is 12.1. The molecule has 1 fully saturated rings. The monoisotopic (exact) mass is 350 g/mol. The molecule has 0 spiro atoms. The van der Waals surface area contributed by atoms with E-state index < -0.39 is 0 Å². The second kappa shape index (κ2) is 7.41. The van der Waals surface area contributed by atoms with Gasteiger partial charge in [0.2, 0.25) is 11.8 Å². The van der Waals surface area contributed by atoms with Crippen LogP contribution in [-0.4, -0.2) is 47.8 Å². The molecule has 0 saturated carbocycles. The molecule has 1 aromatic rings. The third kappa shape index (κ3) is 4.43. The molecule has 1 aliphatic rings. The SMILES string of the molecule is CCC(=O)N1CCN(C(=O)C=Cc2ccc(Br)cc2)CC1. The van der Waals surface area contributed by atoms with Gasteiger partial charge in [0.15, 0.2) is 0 Å². The van der Waals surface area contributed by atoms with Crippen molar-refractivity contribution in [2.75, 3.05) is 26.2 Å². The molecule has 1 aromatic carbocycles. The summed E-state index contributed by atoms with van der Waals surface area (Å²) in [6, 6.07) is 7.79. The number of amides is 2. The summed E-state index contributed by atoms with van der Waals surface area (Å²) >= 11 is 3.38. The molecule has 0 N–H and O–H groups in total. The van der Waals surface area contributed by atoms with Gasteiger partial charge < -0.3 is 9.80 Å². The summed E-state index contributed by atoms with van der Waals surface area (Å²) in [4.78, 5) is 27.3. The highest BCUT2D eigenvalue weighted by Gasteiger charge is 2.21. The highest BCUT2D eigenvalue weighted by molar-refractivity contribution is 9.10. The minimum Gasteiger partial charge on any atom is -0.339 e. The van der Waals surface area contributed by atoms with Crippen molar-refractivity contribution < 1.29 is 9.59 Å². The van der Waals surface area contributed by atoms with E-state index in [1.165, 1.54) is 0 Å². The molecule has 0 atom stereocenters. The molecule has 1 saturated heterocycles. The van der Waals surface area contributed by atoms with Crippen LogP contribution in [0.15, 0.2) is 34.8 Å². The van der Waals surface area contributed by atoms with Crippen molar-refractivity contribution in [1.29, 1.82) is 0 Å². The third-order valence-electron chi connectivity index (χ3n) is 3.53. The van der Waals surface area contributed by atoms with Crippen LogP contribution in [0.25, 0.3) is 6.08 Å². The van der Waals surface area contributed by atoms with Crippen molar-refractivity contribution in [2.24, 2.45) is 0 Å². The molecule has 21 heavy (non-hydrogen) atoms. The van der Waals surface area contributed by atoms with E-state index in [0.29, 0.717) is 32.6 Å². The number of halogens is 1. The van der Waals surface area contributed by atoms with Gasteiger partial charge in [0.05, 0.1) is 0 Å². The average Bonchev–Trinajstić information content (AvgIpc) is 2.53. The third-order valence-corrected chi connectivity index (χ3v) is 4.06. The van der Waals surface area contributed by atoms with Crippen LogP contribution >= 0.6 is 15.9 Å². The van der Waals surface area contributed by atoms with Crippen molar-refractivity contribution >= 4 is 33.8 Å². The van der Waals surface area contributed by atoms with E-state index in [2.05, 4.69) is 15.9 Å². The lowest BCUT2D eigenvalue weighted by atomic mass is 10.2. The molecule has 0 unspecified atom stereocenters. The Morgan fingerprint density at radius 3 is 2.24 bits per heavy atom. The van der Waals surface area contributed by atoms with E-state index >= 15 is 0 Å². The number of rotatable bonds is 3. The highest BCUT2D eigenvalue weighted by atomic mass is 79.9. The second-order valence-corrected chi connectivity index (χ2v) is 5.86. The summed E-state index contributed by atoms with van der Waals surface area (Å²) in [7, 11) is 0. The number of piperazine rings is 1. The first-order valence-corrected chi connectivity index (χ1v) is 7.90. The maximum absolute atomic E-state index is 12.1. The average molecular weight is 351 g/mol. The van der Waals surface area contributed by atoms with E-state index in [4.69, 9.17) is 0 Å². The van der Waals surface area contributed by atoms with Crippen LogP contribution in [0.2, 0.25) is 0 Å². The van der Waals surface area contributed by atoms with Gasteiger partial charge in [0.1, 0.15) is 0 Å². The second-order valence-electron chi connectivity index (χ2n) is 4.94. The highest BCUT2D eigenvalue weighted by Crippen LogP contribution is 2.12. The fourth-order valence-electron chi connectivity index (χ4n) is 2.25. The Morgan fingerprint density at radius 2 is 1.67 bits per heavy atom. The Kier molecular flexibility index (Phi) is 5.56. The molecule has 1 heterocycles. The Bertz CT molecular complexity index is 532. The minimum absolute atomic E-state index is 0.00140. The first kappa shape index (κ1) is 15.8. The van der Waals surface area contributed by atoms with Crippen molar-refractivity contribution in [2.45, 2.75) is 13.3 Å². The number of hydrogen-bond donors (Lipinski definition) is 0. The van der Waals surface area contributed by atoms with Gasteiger partial charge >= 0.3 is 0 Å². The molecular formula is C16H19BrN2O2. The van der Waals surface area contributed by atoms with E-state index in [1.54, 1.807) is 11.0 Å². The molecule has 0 aromatic heterocycles. The minimum atomic E-state index is 0.00140. The summed E-state index contributed by atoms with van der Waals surface area (Å²) in [5.41, 5.74) is 0.992. The molecule has 0 bridgehead atoms. The normalized spacial score (nSPS) is 15.5. The fraction of sp³-hybridized carbons (Fsp3) is 0.375. The van der Waals surface area contributed by atoms with Crippen LogP contribution in [0.4, 0.5) is 0 Å². The van der Waals surface area contributed by atoms with Gasteiger partial charge in [0, 0.05) is 43.1 Å². The van der Waals surface area contributed by atoms with E-state index in [9.17, 15) is 9.59 Å². The Balaban J connectivity index is 1.87. The number of nitrogens with zero attached hydrogens (tertiary/aromatic N) is 2. The summed E-state index contributed by atoms with van der Waals surface area (Å²) in [6.07, 6.45) is 3.94. The van der Waals surface area contributed by atoms with Gasteiger partial charge in [-0.05, 0) is 23.8 Å². The number of benzene rings is 1. The van der Waals surface area contributed by atoms with Gasteiger partial charge in [-0.15, -0.1) is 0 Å². The summed E-state index contributed by atoms with van der Waals surface area (Å²) in [5, 5.41) is 0. The smallest absolute Gasteiger partial charge is 0.246 e. The lowest BCUT2D eigenvalue weighted by Crippen LogP contribution is -2.50. The number of hydrogen-bond acceptors (Lipinski definition) is 2. The van der Waals surface area contributed by atoms with Gasteiger partial charge in [-0.3, -0.25) is 9.59 Å². The number of carbonyl (C=O) groups is 2. The molecule has 0 aliphatic carbocycles. The van der Waals surface area contributed by atoms with Crippen LogP contribution in [0.1, 0.15) is 18.9 Å². The zero-order valence-electron chi connectivity index (χ0n) is 12.1. The standard InChI is InChI=1S/C16H19BrN2O2/c1-2-15(20)18-9-11-19(12-10-18)16(21)8-5-13-3-6-14(17)7-4-13/h3-8H,2,9-12H2,1H3. The van der Waals surface area contributed by atoms with Crippen LogP contribution < -0.4 is 0 Å². The van der Waals surface area contributed by atoms with E-state index in [1.807, 2.05) is 42.2 Å². The topological polar surface area (TPSA) is 40.6 Å². The lowest BCUT2D eigenvalue weighted by Gasteiger charge is -2.34. The predicted octanol–water partition coefficient (Wildman–Crippen LogP) is 2.54. The molecule has 4 nitrogen and oxygen atoms in total. The lowest BCUT2D eigenvalue weighted by molar-refractivity contribution is -0.136. The van der Waals surface area contributed by atoms with Crippen LogP contribution in [-0.2, 0) is 9.59 Å². The zero-order chi connectivity index (χ0) is 15.2. The maximum Gasteiger partial charge on any atom is 0.246 e. The van der Waals surface area contributed by atoms with Gasteiger partial charge in [-0.25, -0.2) is 0 Å². The van der Waals surface area contributed by atoms with Crippen LogP contribution in [0.5, 0.6) is 0 Å². The van der Waals surface area contributed by atoms with Crippen molar-refractivity contribution in [3.63, 3.8) is 0 Å². The Hall–Kier alpha value is -1.62. The van der Waals surface area contributed by atoms with Crippen LogP contribution in [0, 0.1) is 0 Å². The number of carbonyl (C=O) groups excluding carboxylic acids is 2. The Labute approximate surface area is 133 Å². The molecule has 112 valence electrons. The predicted molar refractivity (Wildman–Crippen MR) is 86.6 cm³/mol. The van der Waals surface area contributed by atoms with Gasteiger partial charge in [-0.2, -0.15) is 0 Å². The molecule has 0 radical (unpaired) electrons. The largest absolute Gasteiger partial charge is 0.339 e. The Morgan fingerprint density at radius 1 is 1.10 bits per heavy atom. The molecular weight excluding hydrogens is 332 g/mol. The molecule has 5 heteroatoms. The van der Waals surface area contributed by atoms with Crippen molar-refractivity contribution in [1.82, 2.24) is 9.80 Å². The molecule has 1 aliphatic heterocycles.